The number of guanidine groups is 1. The number of nitrogens with one attached hydrogen (secondary N) is 2. The van der Waals surface area contributed by atoms with Crippen molar-refractivity contribution in [3.05, 3.63) is 41.7 Å². The Bertz CT molecular complexity index is 864. The van der Waals surface area contributed by atoms with Gasteiger partial charge in [0.05, 0.1) is 12.6 Å². The molecule has 1 aliphatic heterocycles. The summed E-state index contributed by atoms with van der Waals surface area (Å²) in [4.78, 5) is 16.9. The van der Waals surface area contributed by atoms with Crippen molar-refractivity contribution in [1.82, 2.24) is 15.2 Å². The highest BCUT2D eigenvalue weighted by Gasteiger charge is 2.23. The summed E-state index contributed by atoms with van der Waals surface area (Å²) in [6.07, 6.45) is 4.77. The maximum Gasteiger partial charge on any atom is 0.274 e. The summed E-state index contributed by atoms with van der Waals surface area (Å²) in [7, 11) is 3.68. The van der Waals surface area contributed by atoms with Gasteiger partial charge in [0.15, 0.2) is 0 Å². The Morgan fingerprint density at radius 1 is 1.27 bits per heavy atom. The fourth-order valence-corrected chi connectivity index (χ4v) is 3.19. The molecule has 1 aliphatic rings. The van der Waals surface area contributed by atoms with E-state index in [0.717, 1.165) is 22.9 Å². The van der Waals surface area contributed by atoms with Crippen molar-refractivity contribution in [1.29, 1.82) is 0 Å². The van der Waals surface area contributed by atoms with Crippen LogP contribution >= 0.6 is 0 Å². The Kier molecular flexibility index (Phi) is 5.42. The van der Waals surface area contributed by atoms with Crippen molar-refractivity contribution in [2.24, 2.45) is 18.0 Å². The molecule has 1 amide bonds. The third-order valence-corrected chi connectivity index (χ3v) is 4.36. The summed E-state index contributed by atoms with van der Waals surface area (Å²) in [6.45, 7) is 4.83. The van der Waals surface area contributed by atoms with Crippen LogP contribution in [-0.2, 0) is 16.6 Å². The lowest BCUT2D eigenvalue weighted by atomic mass is 10.1. The van der Waals surface area contributed by atoms with Crippen LogP contribution in [0.4, 0.5) is 0 Å². The van der Waals surface area contributed by atoms with E-state index in [-0.39, 0.29) is 11.9 Å². The zero-order valence-corrected chi connectivity index (χ0v) is 15.7. The van der Waals surface area contributed by atoms with Gasteiger partial charge in [0.25, 0.3) is 5.91 Å². The number of amides is 1. The summed E-state index contributed by atoms with van der Waals surface area (Å²) in [5, 5.41) is 7.04. The highest BCUT2D eigenvalue weighted by molar-refractivity contribution is 6.15. The number of rotatable bonds is 6. The Hall–Kier alpha value is -2.60. The van der Waals surface area contributed by atoms with Crippen molar-refractivity contribution < 1.29 is 9.53 Å². The average molecular weight is 354 g/mol. The van der Waals surface area contributed by atoms with Crippen LogP contribution < -0.4 is 10.6 Å². The monoisotopic (exact) mass is 354 g/mol. The van der Waals surface area contributed by atoms with Gasteiger partial charge in [-0.1, -0.05) is 19.9 Å². The first kappa shape index (κ1) is 18.2. The molecule has 0 radical (unpaired) electrons. The van der Waals surface area contributed by atoms with Crippen LogP contribution in [0.3, 0.4) is 0 Å². The highest BCUT2D eigenvalue weighted by Crippen LogP contribution is 2.19. The summed E-state index contributed by atoms with van der Waals surface area (Å²) >= 11 is 0. The van der Waals surface area contributed by atoms with Crippen LogP contribution in [0.25, 0.3) is 17.0 Å². The predicted molar refractivity (Wildman–Crippen MR) is 105 cm³/mol. The molecular weight excluding hydrogens is 328 g/mol. The molecule has 1 aromatic carbocycles. The minimum Gasteiger partial charge on any atom is -0.382 e. The van der Waals surface area contributed by atoms with Crippen LogP contribution in [0.5, 0.6) is 0 Å². The average Bonchev–Trinajstić information content (AvgIpc) is 3.10. The quantitative estimate of drug-likeness (QED) is 0.784. The van der Waals surface area contributed by atoms with Gasteiger partial charge in [-0.15, -0.1) is 0 Å². The van der Waals surface area contributed by atoms with E-state index in [2.05, 4.69) is 52.2 Å². The number of ether oxygens (including phenoxy) is 1. The van der Waals surface area contributed by atoms with Crippen LogP contribution in [0.15, 0.2) is 41.2 Å². The molecule has 0 bridgehead atoms. The van der Waals surface area contributed by atoms with Crippen molar-refractivity contribution in [3.63, 3.8) is 0 Å². The summed E-state index contributed by atoms with van der Waals surface area (Å²) in [6, 6.07) is 8.21. The number of carbonyl (C=O) groups excluding carboxylic acids is 1. The molecule has 3 rings (SSSR count). The minimum absolute atomic E-state index is 0.0165. The van der Waals surface area contributed by atoms with Gasteiger partial charge in [-0.3, -0.25) is 10.1 Å². The molecule has 6 nitrogen and oxygen atoms in total. The molecular formula is C20H26N4O2. The van der Waals surface area contributed by atoms with Gasteiger partial charge < -0.3 is 14.6 Å². The SMILES string of the molecule is COC[C@@H](CC(C)C)N=C1NC(=O)/C(=C/c2ccc3c(ccn3C)c2)N1. The van der Waals surface area contributed by atoms with E-state index in [1.807, 2.05) is 25.4 Å². The normalized spacial score (nSPS) is 18.7. The molecule has 2 aromatic rings. The van der Waals surface area contributed by atoms with E-state index < -0.39 is 0 Å². The molecule has 0 saturated carbocycles. The number of hydrogen-bond donors (Lipinski definition) is 2. The minimum atomic E-state index is -0.169. The Morgan fingerprint density at radius 2 is 2.08 bits per heavy atom. The smallest absolute Gasteiger partial charge is 0.274 e. The fourth-order valence-electron chi connectivity index (χ4n) is 3.19. The second kappa shape index (κ2) is 7.74. The van der Waals surface area contributed by atoms with E-state index in [1.54, 1.807) is 7.11 Å². The number of aryl methyl sites for hydroxylation is 1. The third kappa shape index (κ3) is 4.14. The lowest BCUT2D eigenvalue weighted by molar-refractivity contribution is -0.115. The largest absolute Gasteiger partial charge is 0.382 e. The second-order valence-corrected chi connectivity index (χ2v) is 7.10. The van der Waals surface area contributed by atoms with Gasteiger partial charge in [-0.05, 0) is 42.2 Å². The number of nitrogens with zero attached hydrogens (tertiary/aromatic N) is 2. The van der Waals surface area contributed by atoms with Gasteiger partial charge >= 0.3 is 0 Å². The van der Waals surface area contributed by atoms with Gasteiger partial charge in [-0.25, -0.2) is 4.99 Å². The summed E-state index contributed by atoms with van der Waals surface area (Å²) in [5.41, 5.74) is 2.63. The lowest BCUT2D eigenvalue weighted by Crippen LogP contribution is -2.29. The van der Waals surface area contributed by atoms with Gasteiger partial charge in [0, 0.05) is 31.3 Å². The summed E-state index contributed by atoms with van der Waals surface area (Å²) in [5.74, 6) is 0.826. The van der Waals surface area contributed by atoms with Crippen molar-refractivity contribution in [2.75, 3.05) is 13.7 Å². The predicted octanol–water partition coefficient (Wildman–Crippen LogP) is 2.66. The zero-order valence-electron chi connectivity index (χ0n) is 15.7. The van der Waals surface area contributed by atoms with Crippen LogP contribution in [0.2, 0.25) is 0 Å². The maximum atomic E-state index is 12.3. The first-order valence-electron chi connectivity index (χ1n) is 8.88. The summed E-state index contributed by atoms with van der Waals surface area (Å²) < 4.78 is 7.31. The lowest BCUT2D eigenvalue weighted by Gasteiger charge is -2.14. The molecule has 138 valence electrons. The molecule has 26 heavy (non-hydrogen) atoms. The first-order chi connectivity index (χ1) is 12.5. The van der Waals surface area contributed by atoms with Gasteiger partial charge in [0.2, 0.25) is 5.96 Å². The second-order valence-electron chi connectivity index (χ2n) is 7.10. The van der Waals surface area contributed by atoms with E-state index in [9.17, 15) is 4.79 Å². The molecule has 1 fully saturated rings. The molecule has 1 saturated heterocycles. The molecule has 1 atom stereocenters. The Morgan fingerprint density at radius 3 is 2.81 bits per heavy atom. The van der Waals surface area contributed by atoms with E-state index >= 15 is 0 Å². The van der Waals surface area contributed by atoms with Gasteiger partial charge in [-0.2, -0.15) is 0 Å². The first-order valence-corrected chi connectivity index (χ1v) is 8.88. The van der Waals surface area contributed by atoms with Crippen molar-refractivity contribution in [2.45, 2.75) is 26.3 Å². The van der Waals surface area contributed by atoms with E-state index in [1.165, 1.54) is 0 Å². The molecule has 0 unspecified atom stereocenters. The van der Waals surface area contributed by atoms with Crippen molar-refractivity contribution in [3.8, 4) is 0 Å². The number of aliphatic imine (C=N–C) groups is 1. The number of carbonyl (C=O) groups is 1. The van der Waals surface area contributed by atoms with Crippen LogP contribution in [0, 0.1) is 5.92 Å². The highest BCUT2D eigenvalue weighted by atomic mass is 16.5. The number of hydrogen-bond acceptors (Lipinski definition) is 3. The number of aromatic nitrogens is 1. The molecule has 0 aliphatic carbocycles. The number of benzene rings is 1. The van der Waals surface area contributed by atoms with E-state index in [4.69, 9.17) is 4.74 Å². The van der Waals surface area contributed by atoms with E-state index in [0.29, 0.717) is 24.2 Å². The van der Waals surface area contributed by atoms with Crippen LogP contribution in [-0.4, -0.2) is 36.2 Å². The van der Waals surface area contributed by atoms with Crippen LogP contribution in [0.1, 0.15) is 25.8 Å². The number of fused-ring (bicyclic) bond motifs is 1. The standard InChI is InChI=1S/C20H26N4O2/c1-13(2)9-16(12-26-4)21-20-22-17(19(25)23-20)11-14-5-6-18-15(10-14)7-8-24(18)3/h5-8,10-11,13,16H,9,12H2,1-4H3,(H2,21,22,23,25)/b17-11-/t16-/m1/s1. The Balaban J connectivity index is 1.79. The fraction of sp³-hybridized carbons (Fsp3) is 0.400. The maximum absolute atomic E-state index is 12.3. The zero-order chi connectivity index (χ0) is 18.7. The number of methoxy groups -OCH3 is 1. The van der Waals surface area contributed by atoms with Gasteiger partial charge in [0.1, 0.15) is 5.70 Å². The topological polar surface area (TPSA) is 67.6 Å². The molecule has 6 heteroatoms. The van der Waals surface area contributed by atoms with Crippen molar-refractivity contribution >= 4 is 28.8 Å². The molecule has 2 heterocycles. The molecule has 2 N–H and O–H groups in total. The Labute approximate surface area is 153 Å². The third-order valence-electron chi connectivity index (χ3n) is 4.36. The molecule has 0 spiro atoms. The molecule has 1 aromatic heterocycles.